The maximum absolute atomic E-state index is 10.6. The molecule has 0 aliphatic carbocycles. The second-order valence-corrected chi connectivity index (χ2v) is 2.95. The third-order valence-electron chi connectivity index (χ3n) is 1.84. The monoisotopic (exact) mass is 226 g/mol. The number of aromatic carboxylic acids is 1. The summed E-state index contributed by atoms with van der Waals surface area (Å²) in [6, 6.07) is 4.60. The van der Waals surface area contributed by atoms with Crippen molar-refractivity contribution < 1.29 is 43.9 Å². The van der Waals surface area contributed by atoms with Crippen molar-refractivity contribution in [2.45, 2.75) is 6.92 Å². The van der Waals surface area contributed by atoms with Crippen LogP contribution in [0.2, 0.25) is 0 Å². The van der Waals surface area contributed by atoms with Gasteiger partial charge in [-0.1, -0.05) is 6.07 Å². The van der Waals surface area contributed by atoms with Crippen LogP contribution in [0, 0.1) is 6.92 Å². The van der Waals surface area contributed by atoms with Gasteiger partial charge in [-0.05, 0) is 12.1 Å². The average molecular weight is 226 g/mol. The molecule has 2 heterocycles. The summed E-state index contributed by atoms with van der Waals surface area (Å²) in [5.74, 6) is -0.803. The van der Waals surface area contributed by atoms with Crippen molar-refractivity contribution in [1.82, 2.24) is 9.97 Å². The third kappa shape index (κ3) is 2.69. The van der Waals surface area contributed by atoms with Crippen molar-refractivity contribution in [1.29, 1.82) is 0 Å². The van der Waals surface area contributed by atoms with Crippen LogP contribution in [0.15, 0.2) is 28.9 Å². The molecular formula is C10H7N2NaO3. The summed E-state index contributed by atoms with van der Waals surface area (Å²) in [6.07, 6.45) is 1.43. The Morgan fingerprint density at radius 1 is 1.31 bits per heavy atom. The molecule has 0 aliphatic rings. The molecular weight excluding hydrogens is 219 g/mol. The largest absolute Gasteiger partial charge is 1.00 e. The second kappa shape index (κ2) is 5.25. The molecule has 0 fully saturated rings. The van der Waals surface area contributed by atoms with Gasteiger partial charge in [-0.15, -0.1) is 0 Å². The Morgan fingerprint density at radius 3 is 2.62 bits per heavy atom. The van der Waals surface area contributed by atoms with E-state index < -0.39 is 5.97 Å². The molecule has 0 bridgehead atoms. The molecule has 0 radical (unpaired) electrons. The van der Waals surface area contributed by atoms with Crippen LogP contribution < -0.4 is 34.7 Å². The quantitative estimate of drug-likeness (QED) is 0.525. The van der Waals surface area contributed by atoms with E-state index in [9.17, 15) is 9.90 Å². The number of carbonyl (C=O) groups excluding carboxylic acids is 1. The van der Waals surface area contributed by atoms with Gasteiger partial charge >= 0.3 is 29.6 Å². The first-order valence-electron chi connectivity index (χ1n) is 4.28. The fraction of sp³-hybridized carbons (Fsp3) is 0.100. The Morgan fingerprint density at radius 2 is 2.06 bits per heavy atom. The number of nitrogens with zero attached hydrogens (tertiary/aromatic N) is 2. The van der Waals surface area contributed by atoms with E-state index in [0.29, 0.717) is 17.3 Å². The Labute approximate surface area is 114 Å². The van der Waals surface area contributed by atoms with Crippen LogP contribution in [0.3, 0.4) is 0 Å². The molecule has 76 valence electrons. The van der Waals surface area contributed by atoms with E-state index in [0.717, 1.165) is 0 Å². The molecule has 0 saturated carbocycles. The molecule has 0 unspecified atom stereocenters. The van der Waals surface area contributed by atoms with Gasteiger partial charge in [0.2, 0.25) is 0 Å². The van der Waals surface area contributed by atoms with E-state index >= 15 is 0 Å². The molecule has 0 atom stereocenters. The summed E-state index contributed by atoms with van der Waals surface area (Å²) in [6.45, 7) is 1.70. The molecule has 0 amide bonds. The van der Waals surface area contributed by atoms with Gasteiger partial charge in [-0.3, -0.25) is 0 Å². The second-order valence-electron chi connectivity index (χ2n) is 2.95. The number of aromatic nitrogens is 2. The van der Waals surface area contributed by atoms with Gasteiger partial charge in [0.05, 0.1) is 17.4 Å². The molecule has 2 aromatic heterocycles. The van der Waals surface area contributed by atoms with Crippen LogP contribution in [0.5, 0.6) is 0 Å². The van der Waals surface area contributed by atoms with E-state index in [1.807, 2.05) is 0 Å². The smallest absolute Gasteiger partial charge is 0.543 e. The molecule has 2 aromatic rings. The Balaban J connectivity index is 0.00000128. The molecule has 2 rings (SSSR count). The van der Waals surface area contributed by atoms with Crippen LogP contribution in [0.25, 0.3) is 11.4 Å². The molecule has 16 heavy (non-hydrogen) atoms. The number of rotatable bonds is 2. The SMILES string of the molecule is Cc1nc(-c2cccc(C(=O)[O-])n2)co1.[Na+]. The van der Waals surface area contributed by atoms with Gasteiger partial charge in [0.15, 0.2) is 5.89 Å². The van der Waals surface area contributed by atoms with Crippen molar-refractivity contribution in [3.05, 3.63) is 36.0 Å². The average Bonchev–Trinajstić information content (AvgIpc) is 2.65. The van der Waals surface area contributed by atoms with E-state index in [4.69, 9.17) is 4.42 Å². The fourth-order valence-electron chi connectivity index (χ4n) is 1.17. The Bertz CT molecular complexity index is 510. The first kappa shape index (κ1) is 12.9. The van der Waals surface area contributed by atoms with Crippen molar-refractivity contribution in [2.24, 2.45) is 0 Å². The molecule has 0 N–H and O–H groups in total. The first-order chi connectivity index (χ1) is 7.16. The van der Waals surface area contributed by atoms with Crippen LogP contribution in [0.1, 0.15) is 16.4 Å². The maximum Gasteiger partial charge on any atom is 1.00 e. The van der Waals surface area contributed by atoms with Crippen LogP contribution in [0.4, 0.5) is 0 Å². The number of oxazole rings is 1. The molecule has 5 nitrogen and oxygen atoms in total. The van der Waals surface area contributed by atoms with Gasteiger partial charge < -0.3 is 14.3 Å². The summed E-state index contributed by atoms with van der Waals surface area (Å²) < 4.78 is 5.01. The first-order valence-corrected chi connectivity index (χ1v) is 4.28. The minimum absolute atomic E-state index is 0. The molecule has 0 aromatic carbocycles. The molecule has 6 heteroatoms. The van der Waals surface area contributed by atoms with Gasteiger partial charge in [-0.2, -0.15) is 0 Å². The summed E-state index contributed by atoms with van der Waals surface area (Å²) in [4.78, 5) is 18.5. The number of hydrogen-bond acceptors (Lipinski definition) is 5. The zero-order valence-electron chi connectivity index (χ0n) is 8.93. The molecule has 0 spiro atoms. The summed E-state index contributed by atoms with van der Waals surface area (Å²) >= 11 is 0. The fourth-order valence-corrected chi connectivity index (χ4v) is 1.17. The minimum atomic E-state index is -1.31. The van der Waals surface area contributed by atoms with Gasteiger partial charge in [0.1, 0.15) is 12.0 Å². The van der Waals surface area contributed by atoms with Gasteiger partial charge in [-0.25, -0.2) is 9.97 Å². The standard InChI is InChI=1S/C10H8N2O3.Na/c1-6-11-9(5-15-6)7-3-2-4-8(12-7)10(13)14;/h2-5H,1H3,(H,13,14);/q;+1/p-1. The topological polar surface area (TPSA) is 79.0 Å². The molecule has 0 aliphatic heterocycles. The predicted octanol–water partition coefficient (Wildman–Crippen LogP) is -2.59. The van der Waals surface area contributed by atoms with E-state index in [1.165, 1.54) is 12.3 Å². The number of carbonyl (C=O) groups is 1. The summed E-state index contributed by atoms with van der Waals surface area (Å²) in [5, 5.41) is 10.6. The van der Waals surface area contributed by atoms with Gasteiger partial charge in [0, 0.05) is 6.92 Å². The van der Waals surface area contributed by atoms with Crippen molar-refractivity contribution >= 4 is 5.97 Å². The zero-order chi connectivity index (χ0) is 10.8. The Kier molecular flexibility index (Phi) is 4.23. The van der Waals surface area contributed by atoms with Crippen LogP contribution >= 0.6 is 0 Å². The predicted molar refractivity (Wildman–Crippen MR) is 48.8 cm³/mol. The van der Waals surface area contributed by atoms with E-state index in [2.05, 4.69) is 9.97 Å². The summed E-state index contributed by atoms with van der Waals surface area (Å²) in [5.41, 5.74) is 0.845. The van der Waals surface area contributed by atoms with Crippen molar-refractivity contribution in [2.75, 3.05) is 0 Å². The summed E-state index contributed by atoms with van der Waals surface area (Å²) in [7, 11) is 0. The van der Waals surface area contributed by atoms with E-state index in [1.54, 1.807) is 19.1 Å². The number of carboxylic acids is 1. The van der Waals surface area contributed by atoms with Crippen LogP contribution in [-0.4, -0.2) is 15.9 Å². The number of hydrogen-bond donors (Lipinski definition) is 0. The van der Waals surface area contributed by atoms with Gasteiger partial charge in [0.25, 0.3) is 0 Å². The van der Waals surface area contributed by atoms with Crippen molar-refractivity contribution in [3.8, 4) is 11.4 Å². The number of aryl methyl sites for hydroxylation is 1. The minimum Gasteiger partial charge on any atom is -0.543 e. The van der Waals surface area contributed by atoms with E-state index in [-0.39, 0.29) is 35.3 Å². The third-order valence-corrected chi connectivity index (χ3v) is 1.84. The normalized spacial score (nSPS) is 9.56. The zero-order valence-corrected chi connectivity index (χ0v) is 10.9. The van der Waals surface area contributed by atoms with Crippen LogP contribution in [-0.2, 0) is 0 Å². The van der Waals surface area contributed by atoms with Crippen molar-refractivity contribution in [3.63, 3.8) is 0 Å². The number of pyridine rings is 1. The molecule has 0 saturated heterocycles. The Hall–Kier alpha value is -1.17. The number of carboxylic acid groups (broad SMARTS) is 1. The maximum atomic E-state index is 10.6.